The molecule has 0 saturated carbocycles. The number of hydrogen-bond acceptors (Lipinski definition) is 2. The second-order valence-corrected chi connectivity index (χ2v) is 7.01. The molecule has 2 rings (SSSR count). The Bertz CT molecular complexity index is 527. The summed E-state index contributed by atoms with van der Waals surface area (Å²) < 4.78 is 12.1. The van der Waals surface area contributed by atoms with E-state index in [0.29, 0.717) is 0 Å². The standard InChI is InChI=1S/C13H16NO2PS/c1-11(13-7-8-18-10-13)14-17(15,16)9-12-5-3-2-4-6-12/h2-8,10-11H,9H2,1H3,(H2,14,15,16). The van der Waals surface area contributed by atoms with Crippen LogP contribution < -0.4 is 5.09 Å². The molecule has 0 saturated heterocycles. The first-order chi connectivity index (χ1) is 8.57. The van der Waals surface area contributed by atoms with Crippen molar-refractivity contribution in [2.75, 3.05) is 0 Å². The van der Waals surface area contributed by atoms with Crippen LogP contribution in [-0.2, 0) is 10.7 Å². The van der Waals surface area contributed by atoms with Crippen molar-refractivity contribution in [1.29, 1.82) is 0 Å². The number of thiophene rings is 1. The molecule has 0 radical (unpaired) electrons. The smallest absolute Gasteiger partial charge is 0.272 e. The third kappa shape index (κ3) is 3.79. The van der Waals surface area contributed by atoms with Crippen LogP contribution in [0.5, 0.6) is 0 Å². The van der Waals surface area contributed by atoms with Gasteiger partial charge in [0.25, 0.3) is 7.52 Å². The molecule has 0 amide bonds. The second-order valence-electron chi connectivity index (χ2n) is 4.25. The van der Waals surface area contributed by atoms with E-state index in [1.807, 2.05) is 54.1 Å². The first-order valence-electron chi connectivity index (χ1n) is 5.72. The minimum Gasteiger partial charge on any atom is -0.333 e. The van der Waals surface area contributed by atoms with Crippen LogP contribution in [0.25, 0.3) is 0 Å². The van der Waals surface area contributed by atoms with Crippen LogP contribution in [0.1, 0.15) is 24.1 Å². The summed E-state index contributed by atoms with van der Waals surface area (Å²) in [4.78, 5) is 9.98. The Labute approximate surface area is 111 Å². The van der Waals surface area contributed by atoms with E-state index in [1.54, 1.807) is 11.3 Å². The molecule has 3 nitrogen and oxygen atoms in total. The van der Waals surface area contributed by atoms with Gasteiger partial charge in [-0.15, -0.1) is 0 Å². The van der Waals surface area contributed by atoms with Crippen molar-refractivity contribution >= 4 is 18.9 Å². The fourth-order valence-corrected chi connectivity index (χ4v) is 4.08. The highest BCUT2D eigenvalue weighted by Crippen LogP contribution is 2.42. The van der Waals surface area contributed by atoms with Gasteiger partial charge in [-0.25, -0.2) is 5.09 Å². The predicted octanol–water partition coefficient (Wildman–Crippen LogP) is 3.78. The van der Waals surface area contributed by atoms with E-state index >= 15 is 0 Å². The largest absolute Gasteiger partial charge is 0.333 e. The monoisotopic (exact) mass is 281 g/mol. The Hall–Kier alpha value is -0.930. The number of benzene rings is 1. The molecule has 96 valence electrons. The first kappa shape index (κ1) is 13.5. The van der Waals surface area contributed by atoms with Crippen LogP contribution in [0.2, 0.25) is 0 Å². The average Bonchev–Trinajstić information content (AvgIpc) is 2.82. The van der Waals surface area contributed by atoms with Gasteiger partial charge in [0.1, 0.15) is 0 Å². The number of hydrogen-bond donors (Lipinski definition) is 2. The van der Waals surface area contributed by atoms with Crippen molar-refractivity contribution < 1.29 is 9.46 Å². The van der Waals surface area contributed by atoms with Gasteiger partial charge in [-0.05, 0) is 34.9 Å². The molecule has 5 heteroatoms. The zero-order chi connectivity index (χ0) is 13.0. The average molecular weight is 281 g/mol. The molecular formula is C13H16NO2PS. The molecule has 18 heavy (non-hydrogen) atoms. The van der Waals surface area contributed by atoms with Crippen molar-refractivity contribution in [3.05, 3.63) is 58.3 Å². The Kier molecular flexibility index (Phi) is 4.36. The Balaban J connectivity index is 2.01. The maximum atomic E-state index is 12.1. The maximum absolute atomic E-state index is 12.1. The van der Waals surface area contributed by atoms with Crippen molar-refractivity contribution in [1.82, 2.24) is 5.09 Å². The lowest BCUT2D eigenvalue weighted by Crippen LogP contribution is -2.16. The minimum atomic E-state index is -3.36. The SMILES string of the molecule is CC(NP(=O)(O)Cc1ccccc1)c1ccsc1. The molecule has 0 bridgehead atoms. The lowest BCUT2D eigenvalue weighted by Gasteiger charge is -2.18. The fourth-order valence-electron chi connectivity index (χ4n) is 1.78. The van der Waals surface area contributed by atoms with Gasteiger partial charge in [0, 0.05) is 6.04 Å². The Morgan fingerprint density at radius 1 is 1.33 bits per heavy atom. The molecule has 2 aromatic rings. The lowest BCUT2D eigenvalue weighted by molar-refractivity contribution is 0.451. The van der Waals surface area contributed by atoms with Gasteiger partial charge < -0.3 is 4.89 Å². The van der Waals surface area contributed by atoms with Gasteiger partial charge in [-0.2, -0.15) is 11.3 Å². The van der Waals surface area contributed by atoms with Crippen LogP contribution in [0, 0.1) is 0 Å². The van der Waals surface area contributed by atoms with E-state index in [9.17, 15) is 9.46 Å². The molecule has 0 spiro atoms. The Morgan fingerprint density at radius 3 is 2.67 bits per heavy atom. The molecular weight excluding hydrogens is 265 g/mol. The van der Waals surface area contributed by atoms with E-state index in [-0.39, 0.29) is 12.2 Å². The fraction of sp³-hybridized carbons (Fsp3) is 0.231. The molecule has 0 fully saturated rings. The summed E-state index contributed by atoms with van der Waals surface area (Å²) in [6.07, 6.45) is 0.155. The van der Waals surface area contributed by atoms with Gasteiger partial charge in [-0.1, -0.05) is 30.3 Å². The molecule has 0 aliphatic rings. The van der Waals surface area contributed by atoms with Crippen molar-refractivity contribution in [3.63, 3.8) is 0 Å². The molecule has 0 aliphatic carbocycles. The van der Waals surface area contributed by atoms with Gasteiger partial charge >= 0.3 is 0 Å². The quantitative estimate of drug-likeness (QED) is 0.820. The van der Waals surface area contributed by atoms with Gasteiger partial charge in [-0.3, -0.25) is 4.57 Å². The summed E-state index contributed by atoms with van der Waals surface area (Å²) in [5, 5.41) is 6.78. The molecule has 2 atom stereocenters. The van der Waals surface area contributed by atoms with Crippen LogP contribution in [-0.4, -0.2) is 4.89 Å². The van der Waals surface area contributed by atoms with Gasteiger partial charge in [0.15, 0.2) is 0 Å². The topological polar surface area (TPSA) is 49.3 Å². The Morgan fingerprint density at radius 2 is 2.06 bits per heavy atom. The summed E-state index contributed by atoms with van der Waals surface area (Å²) in [6, 6.07) is 11.2. The summed E-state index contributed by atoms with van der Waals surface area (Å²) in [6.45, 7) is 1.90. The third-order valence-electron chi connectivity index (χ3n) is 2.68. The summed E-state index contributed by atoms with van der Waals surface area (Å²) in [7, 11) is -3.36. The van der Waals surface area contributed by atoms with E-state index in [4.69, 9.17) is 0 Å². The van der Waals surface area contributed by atoms with Crippen LogP contribution >= 0.6 is 18.9 Å². The second kappa shape index (κ2) is 5.81. The van der Waals surface area contributed by atoms with Crippen molar-refractivity contribution in [2.45, 2.75) is 19.1 Å². The van der Waals surface area contributed by atoms with E-state index in [1.165, 1.54) is 0 Å². The summed E-state index contributed by atoms with van der Waals surface area (Å²) in [5.41, 5.74) is 1.91. The molecule has 2 N–H and O–H groups in total. The third-order valence-corrected chi connectivity index (χ3v) is 4.96. The van der Waals surface area contributed by atoms with Gasteiger partial charge in [0.2, 0.25) is 0 Å². The highest BCUT2D eigenvalue weighted by molar-refractivity contribution is 7.55. The molecule has 0 aliphatic heterocycles. The molecule has 1 aromatic carbocycles. The molecule has 1 aromatic heterocycles. The normalized spacial score (nSPS) is 16.1. The minimum absolute atomic E-state index is 0.115. The van der Waals surface area contributed by atoms with E-state index < -0.39 is 7.52 Å². The van der Waals surface area contributed by atoms with Gasteiger partial charge in [0.05, 0.1) is 6.16 Å². The molecule has 2 unspecified atom stereocenters. The first-order valence-corrected chi connectivity index (χ1v) is 8.51. The van der Waals surface area contributed by atoms with Crippen LogP contribution in [0.3, 0.4) is 0 Å². The zero-order valence-electron chi connectivity index (χ0n) is 10.1. The summed E-state index contributed by atoms with van der Waals surface area (Å²) in [5.74, 6) is 0. The van der Waals surface area contributed by atoms with Crippen molar-refractivity contribution in [2.24, 2.45) is 0 Å². The zero-order valence-corrected chi connectivity index (χ0v) is 11.8. The van der Waals surface area contributed by atoms with E-state index in [0.717, 1.165) is 11.1 Å². The van der Waals surface area contributed by atoms with Crippen LogP contribution in [0.4, 0.5) is 0 Å². The predicted molar refractivity (Wildman–Crippen MR) is 75.8 cm³/mol. The highest BCUT2D eigenvalue weighted by atomic mass is 32.1. The highest BCUT2D eigenvalue weighted by Gasteiger charge is 2.22. The number of rotatable bonds is 5. The summed E-state index contributed by atoms with van der Waals surface area (Å²) >= 11 is 1.59. The van der Waals surface area contributed by atoms with Crippen molar-refractivity contribution in [3.8, 4) is 0 Å². The number of nitrogens with one attached hydrogen (secondary N) is 1. The van der Waals surface area contributed by atoms with Crippen LogP contribution in [0.15, 0.2) is 47.2 Å². The molecule has 1 heterocycles. The lowest BCUT2D eigenvalue weighted by atomic mass is 10.2. The maximum Gasteiger partial charge on any atom is 0.272 e. The van der Waals surface area contributed by atoms with E-state index in [2.05, 4.69) is 5.09 Å².